The number of amides is 1. The number of nitrogens with one attached hydrogen (secondary N) is 1. The largest absolute Gasteiger partial charge is 0.494 e. The molecule has 1 amide bonds. The van der Waals surface area contributed by atoms with Gasteiger partial charge in [0.2, 0.25) is 0 Å². The van der Waals surface area contributed by atoms with E-state index in [2.05, 4.69) is 5.32 Å². The van der Waals surface area contributed by atoms with Gasteiger partial charge in [-0.15, -0.1) is 0 Å². The van der Waals surface area contributed by atoms with Crippen LogP contribution in [0.3, 0.4) is 0 Å². The van der Waals surface area contributed by atoms with E-state index in [0.717, 1.165) is 17.7 Å². The van der Waals surface area contributed by atoms with Gasteiger partial charge in [0.15, 0.2) is 0 Å². The fourth-order valence-corrected chi connectivity index (χ4v) is 1.96. The quantitative estimate of drug-likeness (QED) is 0.874. The van der Waals surface area contributed by atoms with Gasteiger partial charge in [0.25, 0.3) is 5.91 Å². The van der Waals surface area contributed by atoms with Gasteiger partial charge in [-0.1, -0.05) is 36.7 Å². The molecule has 0 aromatic heterocycles. The summed E-state index contributed by atoms with van der Waals surface area (Å²) in [5, 5.41) is 3.57. The van der Waals surface area contributed by atoms with Gasteiger partial charge in [0, 0.05) is 17.1 Å². The van der Waals surface area contributed by atoms with E-state index in [4.69, 9.17) is 16.3 Å². The van der Waals surface area contributed by atoms with Gasteiger partial charge in [-0.25, -0.2) is 0 Å². The second-order valence-electron chi connectivity index (χ2n) is 4.69. The third kappa shape index (κ3) is 4.80. The summed E-state index contributed by atoms with van der Waals surface area (Å²) in [5.74, 6) is 0.600. The molecule has 0 fully saturated rings. The highest BCUT2D eigenvalue weighted by Crippen LogP contribution is 2.14. The van der Waals surface area contributed by atoms with Crippen molar-refractivity contribution in [3.05, 3.63) is 64.7 Å². The van der Waals surface area contributed by atoms with Crippen LogP contribution >= 0.6 is 11.6 Å². The van der Waals surface area contributed by atoms with Gasteiger partial charge in [0.1, 0.15) is 5.75 Å². The summed E-state index contributed by atoms with van der Waals surface area (Å²) in [4.78, 5) is 12.1. The zero-order chi connectivity index (χ0) is 15.1. The average molecular weight is 304 g/mol. The molecular weight excluding hydrogens is 286 g/mol. The molecule has 2 aromatic carbocycles. The topological polar surface area (TPSA) is 38.3 Å². The molecule has 0 unspecified atom stereocenters. The van der Waals surface area contributed by atoms with E-state index in [1.54, 1.807) is 12.1 Å². The van der Waals surface area contributed by atoms with Crippen LogP contribution in [0, 0.1) is 0 Å². The molecular formula is C17H18ClNO2. The summed E-state index contributed by atoms with van der Waals surface area (Å²) in [6.45, 7) is 3.16. The maximum atomic E-state index is 12.1. The van der Waals surface area contributed by atoms with E-state index in [9.17, 15) is 4.79 Å². The molecule has 0 spiro atoms. The van der Waals surface area contributed by atoms with E-state index < -0.39 is 0 Å². The van der Waals surface area contributed by atoms with Crippen molar-refractivity contribution >= 4 is 17.5 Å². The second-order valence-corrected chi connectivity index (χ2v) is 5.12. The van der Waals surface area contributed by atoms with Gasteiger partial charge in [-0.2, -0.15) is 0 Å². The van der Waals surface area contributed by atoms with E-state index in [1.165, 1.54) is 0 Å². The van der Waals surface area contributed by atoms with Gasteiger partial charge < -0.3 is 10.1 Å². The Bertz CT molecular complexity index is 596. The molecule has 4 heteroatoms. The second kappa shape index (κ2) is 7.70. The summed E-state index contributed by atoms with van der Waals surface area (Å²) >= 11 is 5.83. The lowest BCUT2D eigenvalue weighted by Gasteiger charge is -2.08. The molecule has 0 saturated heterocycles. The van der Waals surface area contributed by atoms with Crippen molar-refractivity contribution < 1.29 is 9.53 Å². The number of carbonyl (C=O) groups excluding carboxylic acids is 1. The molecule has 0 bridgehead atoms. The highest BCUT2D eigenvalue weighted by atomic mass is 35.5. The summed E-state index contributed by atoms with van der Waals surface area (Å²) < 4.78 is 5.53. The number of hydrogen-bond acceptors (Lipinski definition) is 2. The van der Waals surface area contributed by atoms with Crippen LogP contribution in [0.25, 0.3) is 0 Å². The van der Waals surface area contributed by atoms with Gasteiger partial charge in [0.05, 0.1) is 6.61 Å². The van der Waals surface area contributed by atoms with Crippen molar-refractivity contribution in [2.75, 3.05) is 6.61 Å². The first kappa shape index (κ1) is 15.4. The monoisotopic (exact) mass is 303 g/mol. The molecule has 0 aliphatic carbocycles. The van der Waals surface area contributed by atoms with Crippen molar-refractivity contribution in [3.63, 3.8) is 0 Å². The lowest BCUT2D eigenvalue weighted by molar-refractivity contribution is 0.0950. The van der Waals surface area contributed by atoms with Crippen LogP contribution in [0.5, 0.6) is 5.75 Å². The lowest BCUT2D eigenvalue weighted by atomic mass is 10.2. The fourth-order valence-electron chi connectivity index (χ4n) is 1.83. The minimum Gasteiger partial charge on any atom is -0.494 e. The van der Waals surface area contributed by atoms with Crippen LogP contribution in [-0.2, 0) is 6.54 Å². The van der Waals surface area contributed by atoms with Crippen molar-refractivity contribution in [3.8, 4) is 5.75 Å². The summed E-state index contributed by atoms with van der Waals surface area (Å²) in [5.41, 5.74) is 1.60. The van der Waals surface area contributed by atoms with Crippen LogP contribution < -0.4 is 10.1 Å². The standard InChI is InChI=1S/C17H18ClNO2/c1-2-10-21-16-5-3-4-14(11-16)17(20)19-12-13-6-8-15(18)9-7-13/h3-9,11H,2,10,12H2,1H3,(H,19,20). The van der Waals surface area contributed by atoms with Crippen LogP contribution in [-0.4, -0.2) is 12.5 Å². The number of rotatable bonds is 6. The van der Waals surface area contributed by atoms with Gasteiger partial charge >= 0.3 is 0 Å². The normalized spacial score (nSPS) is 10.2. The number of halogens is 1. The highest BCUT2D eigenvalue weighted by Gasteiger charge is 2.06. The van der Waals surface area contributed by atoms with E-state index in [0.29, 0.717) is 23.7 Å². The Balaban J connectivity index is 1.95. The molecule has 21 heavy (non-hydrogen) atoms. The zero-order valence-corrected chi connectivity index (χ0v) is 12.7. The smallest absolute Gasteiger partial charge is 0.251 e. The number of carbonyl (C=O) groups is 1. The predicted octanol–water partition coefficient (Wildman–Crippen LogP) is 4.06. The van der Waals surface area contributed by atoms with Gasteiger partial charge in [-0.05, 0) is 42.3 Å². The number of ether oxygens (including phenoxy) is 1. The van der Waals surface area contributed by atoms with Crippen LogP contribution in [0.1, 0.15) is 29.3 Å². The molecule has 2 rings (SSSR count). The Labute approximate surface area is 129 Å². The van der Waals surface area contributed by atoms with Crippen molar-refractivity contribution in [2.45, 2.75) is 19.9 Å². The summed E-state index contributed by atoms with van der Waals surface area (Å²) in [6.07, 6.45) is 0.937. The van der Waals surface area contributed by atoms with Crippen molar-refractivity contribution in [1.82, 2.24) is 5.32 Å². The first-order chi connectivity index (χ1) is 10.2. The van der Waals surface area contributed by atoms with E-state index in [-0.39, 0.29) is 5.91 Å². The highest BCUT2D eigenvalue weighted by molar-refractivity contribution is 6.30. The molecule has 1 N–H and O–H groups in total. The fraction of sp³-hybridized carbons (Fsp3) is 0.235. The third-order valence-corrected chi connectivity index (χ3v) is 3.19. The summed E-state index contributed by atoms with van der Waals surface area (Å²) in [6, 6.07) is 14.6. The first-order valence-corrected chi connectivity index (χ1v) is 7.32. The van der Waals surface area contributed by atoms with Gasteiger partial charge in [-0.3, -0.25) is 4.79 Å². The number of benzene rings is 2. The minimum absolute atomic E-state index is 0.119. The summed E-state index contributed by atoms with van der Waals surface area (Å²) in [7, 11) is 0. The average Bonchev–Trinajstić information content (AvgIpc) is 2.52. The van der Waals surface area contributed by atoms with Crippen LogP contribution in [0.2, 0.25) is 5.02 Å². The number of hydrogen-bond donors (Lipinski definition) is 1. The maximum absolute atomic E-state index is 12.1. The Morgan fingerprint density at radius 2 is 1.95 bits per heavy atom. The molecule has 0 radical (unpaired) electrons. The van der Waals surface area contributed by atoms with Crippen molar-refractivity contribution in [1.29, 1.82) is 0 Å². The lowest BCUT2D eigenvalue weighted by Crippen LogP contribution is -2.22. The Morgan fingerprint density at radius 1 is 1.19 bits per heavy atom. The van der Waals surface area contributed by atoms with Crippen LogP contribution in [0.4, 0.5) is 0 Å². The van der Waals surface area contributed by atoms with E-state index >= 15 is 0 Å². The molecule has 0 aliphatic heterocycles. The third-order valence-electron chi connectivity index (χ3n) is 2.94. The molecule has 0 atom stereocenters. The first-order valence-electron chi connectivity index (χ1n) is 6.94. The SMILES string of the molecule is CCCOc1cccc(C(=O)NCc2ccc(Cl)cc2)c1. The zero-order valence-electron chi connectivity index (χ0n) is 11.9. The molecule has 2 aromatic rings. The van der Waals surface area contributed by atoms with E-state index in [1.807, 2.05) is 43.3 Å². The van der Waals surface area contributed by atoms with Crippen LogP contribution in [0.15, 0.2) is 48.5 Å². The molecule has 0 heterocycles. The molecule has 110 valence electrons. The minimum atomic E-state index is -0.119. The Hall–Kier alpha value is -2.00. The maximum Gasteiger partial charge on any atom is 0.251 e. The van der Waals surface area contributed by atoms with Crippen molar-refractivity contribution in [2.24, 2.45) is 0 Å². The Morgan fingerprint density at radius 3 is 2.67 bits per heavy atom. The molecule has 0 aliphatic rings. The Kier molecular flexibility index (Phi) is 5.64. The predicted molar refractivity (Wildman–Crippen MR) is 84.9 cm³/mol. The molecule has 0 saturated carbocycles. The molecule has 3 nitrogen and oxygen atoms in total.